The second kappa shape index (κ2) is 8.42. The molecule has 9 heteroatoms. The molecule has 154 valence electrons. The van der Waals surface area contributed by atoms with Crippen molar-refractivity contribution in [2.24, 2.45) is 0 Å². The fourth-order valence-electron chi connectivity index (χ4n) is 3.07. The van der Waals surface area contributed by atoms with Crippen molar-refractivity contribution in [3.05, 3.63) is 59.9 Å². The lowest BCUT2D eigenvalue weighted by atomic mass is 10.2. The van der Waals surface area contributed by atoms with Gasteiger partial charge in [-0.25, -0.2) is 14.6 Å². The van der Waals surface area contributed by atoms with Crippen molar-refractivity contribution in [1.82, 2.24) is 20.0 Å². The van der Waals surface area contributed by atoms with Crippen LogP contribution in [0.1, 0.15) is 29.4 Å². The Morgan fingerprint density at radius 2 is 2.03 bits per heavy atom. The summed E-state index contributed by atoms with van der Waals surface area (Å²) in [4.78, 5) is 28.0. The number of ether oxygens (including phenoxy) is 1. The van der Waals surface area contributed by atoms with Crippen molar-refractivity contribution in [3.63, 3.8) is 0 Å². The van der Waals surface area contributed by atoms with Crippen molar-refractivity contribution in [2.75, 3.05) is 6.54 Å². The first-order valence-corrected chi connectivity index (χ1v) is 10.3. The van der Waals surface area contributed by atoms with Gasteiger partial charge in [0, 0.05) is 24.7 Å². The SMILES string of the molecule is CCCNC(=O)NCc1ccccc1Oc1ccc2c(c1)sc1ncc(C(=O)O)n12. The Morgan fingerprint density at radius 1 is 1.20 bits per heavy atom. The summed E-state index contributed by atoms with van der Waals surface area (Å²) in [6.45, 7) is 2.95. The molecule has 0 aliphatic carbocycles. The topological polar surface area (TPSA) is 105 Å². The Bertz CT molecular complexity index is 1230. The summed E-state index contributed by atoms with van der Waals surface area (Å²) >= 11 is 1.39. The van der Waals surface area contributed by atoms with Crippen LogP contribution >= 0.6 is 11.3 Å². The molecule has 0 unspecified atom stereocenters. The molecule has 4 aromatic rings. The van der Waals surface area contributed by atoms with E-state index < -0.39 is 5.97 Å². The number of hydrogen-bond acceptors (Lipinski definition) is 5. The number of nitrogens with one attached hydrogen (secondary N) is 2. The standard InChI is InChI=1S/C21H20N4O4S/c1-2-9-22-20(28)23-11-13-5-3-4-6-17(13)29-14-7-8-15-18(10-14)30-21-24-12-16(19(26)27)25(15)21/h3-8,10,12H,2,9,11H2,1H3,(H,26,27)(H2,22,23,28). The van der Waals surface area contributed by atoms with Gasteiger partial charge < -0.3 is 20.5 Å². The fourth-order valence-corrected chi connectivity index (χ4v) is 4.10. The van der Waals surface area contributed by atoms with E-state index in [0.29, 0.717) is 29.5 Å². The number of carbonyl (C=O) groups excluding carboxylic acids is 1. The molecule has 0 saturated carbocycles. The number of carboxylic acids is 1. The minimum atomic E-state index is -1.02. The summed E-state index contributed by atoms with van der Waals surface area (Å²) in [6.07, 6.45) is 2.23. The number of aromatic carboxylic acids is 1. The highest BCUT2D eigenvalue weighted by Crippen LogP contribution is 2.33. The third-order valence-corrected chi connectivity index (χ3v) is 5.51. The van der Waals surface area contributed by atoms with Gasteiger partial charge in [0.1, 0.15) is 11.5 Å². The molecule has 0 aliphatic rings. The van der Waals surface area contributed by atoms with Gasteiger partial charge in [0.2, 0.25) is 0 Å². The minimum absolute atomic E-state index is 0.127. The van der Waals surface area contributed by atoms with Crippen LogP contribution < -0.4 is 15.4 Å². The number of benzene rings is 2. The first kappa shape index (κ1) is 19.7. The zero-order chi connectivity index (χ0) is 21.1. The first-order valence-electron chi connectivity index (χ1n) is 9.47. The lowest BCUT2D eigenvalue weighted by molar-refractivity contribution is 0.0690. The predicted molar refractivity (Wildman–Crippen MR) is 115 cm³/mol. The number of amides is 2. The second-order valence-electron chi connectivity index (χ2n) is 6.62. The number of fused-ring (bicyclic) bond motifs is 3. The van der Waals surface area contributed by atoms with Gasteiger partial charge in [0.05, 0.1) is 16.4 Å². The van der Waals surface area contributed by atoms with Crippen molar-refractivity contribution in [1.29, 1.82) is 0 Å². The van der Waals surface area contributed by atoms with Gasteiger partial charge in [0.15, 0.2) is 10.7 Å². The van der Waals surface area contributed by atoms with Gasteiger partial charge in [-0.05, 0) is 24.6 Å². The highest BCUT2D eigenvalue weighted by Gasteiger charge is 2.16. The monoisotopic (exact) mass is 424 g/mol. The molecule has 0 spiro atoms. The number of urea groups is 1. The van der Waals surface area contributed by atoms with Crippen LogP contribution in [0.15, 0.2) is 48.7 Å². The molecule has 0 fully saturated rings. The highest BCUT2D eigenvalue weighted by molar-refractivity contribution is 7.23. The number of imidazole rings is 1. The van der Waals surface area contributed by atoms with Crippen LogP contribution in [0.25, 0.3) is 15.2 Å². The van der Waals surface area contributed by atoms with E-state index in [0.717, 1.165) is 22.2 Å². The molecule has 3 N–H and O–H groups in total. The molecule has 0 aliphatic heterocycles. The lowest BCUT2D eigenvalue weighted by Crippen LogP contribution is -2.35. The summed E-state index contributed by atoms with van der Waals surface area (Å²) in [5.74, 6) is 0.235. The van der Waals surface area contributed by atoms with Gasteiger partial charge in [-0.3, -0.25) is 4.40 Å². The highest BCUT2D eigenvalue weighted by atomic mass is 32.1. The molecule has 2 aromatic carbocycles. The molecule has 0 bridgehead atoms. The molecule has 8 nitrogen and oxygen atoms in total. The van der Waals surface area contributed by atoms with E-state index in [2.05, 4.69) is 15.6 Å². The molecule has 2 amide bonds. The molecule has 0 radical (unpaired) electrons. The zero-order valence-electron chi connectivity index (χ0n) is 16.2. The molecule has 4 rings (SSSR count). The molecule has 2 aromatic heterocycles. The Morgan fingerprint density at radius 3 is 2.83 bits per heavy atom. The number of carbonyl (C=O) groups is 2. The average Bonchev–Trinajstić information content (AvgIpc) is 3.30. The van der Waals surface area contributed by atoms with Crippen molar-refractivity contribution in [2.45, 2.75) is 19.9 Å². The van der Waals surface area contributed by atoms with E-state index >= 15 is 0 Å². The molecule has 30 heavy (non-hydrogen) atoms. The van der Waals surface area contributed by atoms with Crippen molar-refractivity contribution in [3.8, 4) is 11.5 Å². The van der Waals surface area contributed by atoms with Crippen LogP contribution in [0.4, 0.5) is 4.79 Å². The number of para-hydroxylation sites is 1. The van der Waals surface area contributed by atoms with Crippen molar-refractivity contribution >= 4 is 38.5 Å². The summed E-state index contributed by atoms with van der Waals surface area (Å²) in [6, 6.07) is 12.7. The van der Waals surface area contributed by atoms with Gasteiger partial charge in [-0.1, -0.05) is 36.5 Å². The van der Waals surface area contributed by atoms with Crippen LogP contribution in [0.2, 0.25) is 0 Å². The molecule has 0 saturated heterocycles. The molecular weight excluding hydrogens is 404 g/mol. The Kier molecular flexibility index (Phi) is 5.53. The molecule has 2 heterocycles. The first-order chi connectivity index (χ1) is 14.6. The summed E-state index contributed by atoms with van der Waals surface area (Å²) in [7, 11) is 0. The lowest BCUT2D eigenvalue weighted by Gasteiger charge is -2.12. The summed E-state index contributed by atoms with van der Waals surface area (Å²) in [5, 5.41) is 15.0. The van der Waals surface area contributed by atoms with Crippen LogP contribution in [-0.4, -0.2) is 33.0 Å². The van der Waals surface area contributed by atoms with Crippen LogP contribution in [0.5, 0.6) is 11.5 Å². The Labute approximate surface area is 176 Å². The number of aromatic nitrogens is 2. The van der Waals surface area contributed by atoms with E-state index in [1.165, 1.54) is 17.5 Å². The predicted octanol–water partition coefficient (Wildman–Crippen LogP) is 4.25. The quantitative estimate of drug-likeness (QED) is 0.411. The minimum Gasteiger partial charge on any atom is -0.477 e. The summed E-state index contributed by atoms with van der Waals surface area (Å²) < 4.78 is 8.56. The number of nitrogens with zero attached hydrogens (tertiary/aromatic N) is 2. The third kappa shape index (κ3) is 3.92. The number of thiazole rings is 1. The maximum absolute atomic E-state index is 11.8. The second-order valence-corrected chi connectivity index (χ2v) is 7.63. The van der Waals surface area contributed by atoms with E-state index in [9.17, 15) is 14.7 Å². The Hall–Kier alpha value is -3.59. The zero-order valence-corrected chi connectivity index (χ0v) is 17.0. The van der Waals surface area contributed by atoms with Gasteiger partial charge in [-0.2, -0.15) is 0 Å². The van der Waals surface area contributed by atoms with Gasteiger partial charge in [0.25, 0.3) is 0 Å². The van der Waals surface area contributed by atoms with E-state index in [-0.39, 0.29) is 11.7 Å². The van der Waals surface area contributed by atoms with Crippen LogP contribution in [0, 0.1) is 0 Å². The maximum Gasteiger partial charge on any atom is 0.354 e. The largest absolute Gasteiger partial charge is 0.477 e. The molecule has 0 atom stereocenters. The van der Waals surface area contributed by atoms with Crippen LogP contribution in [-0.2, 0) is 6.54 Å². The number of carboxylic acid groups (broad SMARTS) is 1. The van der Waals surface area contributed by atoms with E-state index in [1.54, 1.807) is 10.5 Å². The van der Waals surface area contributed by atoms with Crippen molar-refractivity contribution < 1.29 is 19.4 Å². The summed E-state index contributed by atoms with van der Waals surface area (Å²) in [5.41, 5.74) is 1.74. The van der Waals surface area contributed by atoms with E-state index in [4.69, 9.17) is 4.74 Å². The van der Waals surface area contributed by atoms with Gasteiger partial charge >= 0.3 is 12.0 Å². The fraction of sp³-hybridized carbons (Fsp3) is 0.190. The normalized spacial score (nSPS) is 11.0. The third-order valence-electron chi connectivity index (χ3n) is 4.50. The van der Waals surface area contributed by atoms with Crippen LogP contribution in [0.3, 0.4) is 0 Å². The Balaban J connectivity index is 1.56. The molecular formula is C21H20N4O4S. The maximum atomic E-state index is 11.8. The average molecular weight is 424 g/mol. The number of rotatable bonds is 7. The smallest absolute Gasteiger partial charge is 0.354 e. The number of hydrogen-bond donors (Lipinski definition) is 3. The van der Waals surface area contributed by atoms with Gasteiger partial charge in [-0.15, -0.1) is 0 Å². The van der Waals surface area contributed by atoms with E-state index in [1.807, 2.05) is 43.3 Å².